The molecular formula is C26H36N6O3. The Morgan fingerprint density at radius 1 is 1.23 bits per heavy atom. The molecule has 0 spiro atoms. The van der Waals surface area contributed by atoms with Gasteiger partial charge in [0.05, 0.1) is 37.1 Å². The summed E-state index contributed by atoms with van der Waals surface area (Å²) >= 11 is 0. The van der Waals surface area contributed by atoms with Gasteiger partial charge in [-0.2, -0.15) is 0 Å². The molecule has 2 aliphatic rings. The highest BCUT2D eigenvalue weighted by atomic mass is 16.5. The predicted octanol–water partition coefficient (Wildman–Crippen LogP) is 3.48. The predicted molar refractivity (Wildman–Crippen MR) is 136 cm³/mol. The largest absolute Gasteiger partial charge is 0.390 e. The molecule has 188 valence electrons. The van der Waals surface area contributed by atoms with Crippen LogP contribution in [0.3, 0.4) is 0 Å². The number of nitrogens with one attached hydrogen (secondary N) is 1. The van der Waals surface area contributed by atoms with E-state index in [2.05, 4.69) is 38.4 Å². The van der Waals surface area contributed by atoms with Crippen molar-refractivity contribution in [2.24, 2.45) is 0 Å². The van der Waals surface area contributed by atoms with Gasteiger partial charge in [-0.15, -0.1) is 5.10 Å². The molecule has 2 N–H and O–H groups in total. The first-order chi connectivity index (χ1) is 16.9. The fourth-order valence-electron chi connectivity index (χ4n) is 5.20. The number of pyridine rings is 1. The quantitative estimate of drug-likeness (QED) is 0.531. The fraction of sp³-hybridized carbons (Fsp3) is 0.577. The van der Waals surface area contributed by atoms with E-state index in [1.165, 1.54) is 5.69 Å². The van der Waals surface area contributed by atoms with Gasteiger partial charge in [0, 0.05) is 49.6 Å². The molecule has 3 aromatic rings. The molecule has 5 rings (SSSR count). The highest BCUT2D eigenvalue weighted by Crippen LogP contribution is 2.40. The van der Waals surface area contributed by atoms with E-state index in [0.717, 1.165) is 74.4 Å². The van der Waals surface area contributed by atoms with Gasteiger partial charge in [-0.05, 0) is 63.3 Å². The molecule has 2 fully saturated rings. The summed E-state index contributed by atoms with van der Waals surface area (Å²) in [7, 11) is 1.69. The van der Waals surface area contributed by atoms with Gasteiger partial charge in [-0.25, -0.2) is 14.5 Å². The molecule has 0 bridgehead atoms. The second-order valence-corrected chi connectivity index (χ2v) is 10.1. The summed E-state index contributed by atoms with van der Waals surface area (Å²) in [4.78, 5) is 11.5. The van der Waals surface area contributed by atoms with E-state index < -0.39 is 5.60 Å². The smallest absolute Gasteiger partial charge is 0.241 e. The number of ether oxygens (including phenoxy) is 2. The van der Waals surface area contributed by atoms with Crippen molar-refractivity contribution in [3.05, 3.63) is 36.3 Å². The number of morpholine rings is 1. The summed E-state index contributed by atoms with van der Waals surface area (Å²) in [5, 5.41) is 18.8. The number of rotatable bonds is 7. The van der Waals surface area contributed by atoms with Crippen molar-refractivity contribution in [3.63, 3.8) is 0 Å². The molecule has 9 nitrogen and oxygen atoms in total. The maximum atomic E-state index is 10.5. The minimum absolute atomic E-state index is 0.0944. The normalized spacial score (nSPS) is 24.0. The molecule has 1 aliphatic carbocycles. The van der Waals surface area contributed by atoms with Gasteiger partial charge < -0.3 is 24.8 Å². The van der Waals surface area contributed by atoms with Gasteiger partial charge in [0.15, 0.2) is 0 Å². The summed E-state index contributed by atoms with van der Waals surface area (Å²) in [5.74, 6) is 1.88. The van der Waals surface area contributed by atoms with Gasteiger partial charge in [-0.3, -0.25) is 0 Å². The summed E-state index contributed by atoms with van der Waals surface area (Å²) < 4.78 is 12.8. The van der Waals surface area contributed by atoms with E-state index in [9.17, 15) is 5.11 Å². The zero-order chi connectivity index (χ0) is 24.4. The van der Waals surface area contributed by atoms with Crippen LogP contribution in [0, 0.1) is 0 Å². The first-order valence-corrected chi connectivity index (χ1v) is 12.6. The average Bonchev–Trinajstić information content (AvgIpc) is 3.24. The zero-order valence-corrected chi connectivity index (χ0v) is 20.9. The Balaban J connectivity index is 1.54. The molecule has 4 heterocycles. The highest BCUT2D eigenvalue weighted by Gasteiger charge is 2.31. The molecule has 0 radical (unpaired) electrons. The molecule has 1 saturated heterocycles. The van der Waals surface area contributed by atoms with E-state index in [1.54, 1.807) is 7.11 Å². The number of methoxy groups -OCH3 is 1. The van der Waals surface area contributed by atoms with E-state index >= 15 is 0 Å². The third-order valence-electron chi connectivity index (χ3n) is 7.21. The van der Waals surface area contributed by atoms with E-state index in [0.29, 0.717) is 18.5 Å². The Labute approximate surface area is 206 Å². The second-order valence-electron chi connectivity index (χ2n) is 10.1. The lowest BCUT2D eigenvalue weighted by molar-refractivity contribution is 0.0167. The van der Waals surface area contributed by atoms with E-state index in [1.807, 2.05) is 30.8 Å². The first kappa shape index (κ1) is 24.0. The monoisotopic (exact) mass is 480 g/mol. The van der Waals surface area contributed by atoms with Crippen LogP contribution in [0.2, 0.25) is 0 Å². The van der Waals surface area contributed by atoms with Crippen molar-refractivity contribution < 1.29 is 14.6 Å². The Morgan fingerprint density at radius 3 is 2.74 bits per heavy atom. The van der Waals surface area contributed by atoms with Crippen LogP contribution in [-0.4, -0.2) is 76.4 Å². The van der Waals surface area contributed by atoms with Crippen molar-refractivity contribution in [1.29, 1.82) is 0 Å². The Morgan fingerprint density at radius 2 is 2.00 bits per heavy atom. The van der Waals surface area contributed by atoms with Gasteiger partial charge >= 0.3 is 0 Å². The molecule has 35 heavy (non-hydrogen) atoms. The van der Waals surface area contributed by atoms with Crippen LogP contribution in [0.4, 0.5) is 11.8 Å². The highest BCUT2D eigenvalue weighted by molar-refractivity contribution is 5.82. The Bertz CT molecular complexity index is 1150. The molecule has 0 unspecified atom stereocenters. The summed E-state index contributed by atoms with van der Waals surface area (Å²) in [6, 6.07) is 6.57. The first-order valence-electron chi connectivity index (χ1n) is 12.6. The zero-order valence-electron chi connectivity index (χ0n) is 20.9. The van der Waals surface area contributed by atoms with Crippen LogP contribution in [-0.2, 0) is 9.47 Å². The van der Waals surface area contributed by atoms with Crippen LogP contribution in [0.5, 0.6) is 0 Å². The topological polar surface area (TPSA) is 97.0 Å². The van der Waals surface area contributed by atoms with Crippen molar-refractivity contribution >= 4 is 17.3 Å². The molecule has 9 heteroatoms. The van der Waals surface area contributed by atoms with Gasteiger partial charge in [0.2, 0.25) is 5.95 Å². The summed E-state index contributed by atoms with van der Waals surface area (Å²) in [6.45, 7) is 7.70. The maximum absolute atomic E-state index is 10.5. The molecule has 1 saturated carbocycles. The number of hydrogen-bond acceptors (Lipinski definition) is 8. The number of aromatic nitrogens is 4. The number of nitrogens with zero attached hydrogens (tertiary/aromatic N) is 5. The van der Waals surface area contributed by atoms with Crippen LogP contribution >= 0.6 is 0 Å². The van der Waals surface area contributed by atoms with Crippen molar-refractivity contribution in [3.8, 4) is 11.1 Å². The minimum Gasteiger partial charge on any atom is -0.390 e. The lowest BCUT2D eigenvalue weighted by Gasteiger charge is -2.32. The molecule has 1 aliphatic heterocycles. The Kier molecular flexibility index (Phi) is 6.91. The standard InChI is InChI=1S/C26H36N6O3/c1-18(17-34-3)29-25-28-16-23-21(20-6-9-27-24(14-20)31-10-12-35-13-11-31)15-22(32(23)30-25)19-4-7-26(2,33)8-5-19/h6,9,14-16,18-19,33H,4-5,7-8,10-13,17H2,1-3H3,(H,29,30)/t18-,19-,26-/m0/s1. The van der Waals surface area contributed by atoms with Crippen molar-refractivity contribution in [2.75, 3.05) is 50.2 Å². The summed E-state index contributed by atoms with van der Waals surface area (Å²) in [5.41, 5.74) is 3.76. The lowest BCUT2D eigenvalue weighted by atomic mass is 9.78. The SMILES string of the molecule is COC[C@H](C)Nc1ncc2c(-c3ccnc(N4CCOCC4)c3)cc([C@H]3CC[C@](C)(O)CC3)n2n1. The van der Waals surface area contributed by atoms with E-state index in [-0.39, 0.29) is 6.04 Å². The van der Waals surface area contributed by atoms with Crippen LogP contribution in [0.1, 0.15) is 51.1 Å². The van der Waals surface area contributed by atoms with E-state index in [4.69, 9.17) is 14.6 Å². The number of anilines is 2. The molecule has 3 aromatic heterocycles. The number of aliphatic hydroxyl groups is 1. The van der Waals surface area contributed by atoms with Crippen LogP contribution in [0.15, 0.2) is 30.6 Å². The molecule has 0 aromatic carbocycles. The van der Waals surface area contributed by atoms with Crippen LogP contribution < -0.4 is 10.2 Å². The minimum atomic E-state index is -0.582. The third kappa shape index (κ3) is 5.27. The van der Waals surface area contributed by atoms with Gasteiger partial charge in [0.1, 0.15) is 5.82 Å². The fourth-order valence-corrected chi connectivity index (χ4v) is 5.20. The van der Waals surface area contributed by atoms with Gasteiger partial charge in [0.25, 0.3) is 0 Å². The summed E-state index contributed by atoms with van der Waals surface area (Å²) in [6.07, 6.45) is 7.23. The molecule has 1 atom stereocenters. The average molecular weight is 481 g/mol. The van der Waals surface area contributed by atoms with Crippen LogP contribution in [0.25, 0.3) is 16.6 Å². The third-order valence-corrected chi connectivity index (χ3v) is 7.21. The molecule has 0 amide bonds. The number of hydrogen-bond donors (Lipinski definition) is 2. The Hall–Kier alpha value is -2.75. The lowest BCUT2D eigenvalue weighted by Crippen LogP contribution is -2.36. The number of fused-ring (bicyclic) bond motifs is 1. The molecular weight excluding hydrogens is 444 g/mol. The second kappa shape index (κ2) is 10.1. The van der Waals surface area contributed by atoms with Crippen molar-refractivity contribution in [2.45, 2.75) is 57.1 Å². The van der Waals surface area contributed by atoms with Gasteiger partial charge in [-0.1, -0.05) is 0 Å². The van der Waals surface area contributed by atoms with Crippen molar-refractivity contribution in [1.82, 2.24) is 19.6 Å². The maximum Gasteiger partial charge on any atom is 0.241 e.